The average Bonchev–Trinajstić information content (AvgIpc) is 3.28. The van der Waals surface area contributed by atoms with Gasteiger partial charge in [-0.3, -0.25) is 4.79 Å². The van der Waals surface area contributed by atoms with Crippen molar-refractivity contribution in [2.45, 2.75) is 31.7 Å². The van der Waals surface area contributed by atoms with Gasteiger partial charge in [0.25, 0.3) is 5.91 Å². The van der Waals surface area contributed by atoms with Crippen molar-refractivity contribution in [3.8, 4) is 0 Å². The smallest absolute Gasteiger partial charge is 0.336 e. The summed E-state index contributed by atoms with van der Waals surface area (Å²) in [4.78, 5) is 27.5. The molecule has 3 aromatic carbocycles. The van der Waals surface area contributed by atoms with Gasteiger partial charge in [-0.15, -0.1) is 0 Å². The quantitative estimate of drug-likeness (QED) is 0.424. The van der Waals surface area contributed by atoms with Crippen molar-refractivity contribution in [1.29, 1.82) is 0 Å². The zero-order valence-corrected chi connectivity index (χ0v) is 21.4. The summed E-state index contributed by atoms with van der Waals surface area (Å²) in [7, 11) is 0. The predicted molar refractivity (Wildman–Crippen MR) is 141 cm³/mol. The van der Waals surface area contributed by atoms with Crippen LogP contribution in [0.25, 0.3) is 0 Å². The van der Waals surface area contributed by atoms with Gasteiger partial charge in [0.05, 0.1) is 29.5 Å². The van der Waals surface area contributed by atoms with Gasteiger partial charge in [0.15, 0.2) is 5.54 Å². The van der Waals surface area contributed by atoms with Crippen LogP contribution in [0.3, 0.4) is 0 Å². The number of allylic oxidation sites excluding steroid dienone is 1. The molecule has 1 spiro atoms. The molecule has 0 saturated carbocycles. The summed E-state index contributed by atoms with van der Waals surface area (Å²) in [6, 6.07) is 18.7. The van der Waals surface area contributed by atoms with E-state index in [4.69, 9.17) is 21.4 Å². The lowest BCUT2D eigenvalue weighted by atomic mass is 9.68. The number of hydrogen-bond acceptors (Lipinski definition) is 5. The molecule has 194 valence electrons. The van der Waals surface area contributed by atoms with E-state index >= 15 is 4.39 Å². The number of anilines is 1. The fourth-order valence-electron chi connectivity index (χ4n) is 5.22. The molecule has 2 aliphatic rings. The monoisotopic (exact) mass is 535 g/mol. The van der Waals surface area contributed by atoms with Crippen LogP contribution in [0.15, 0.2) is 89.2 Å². The van der Waals surface area contributed by atoms with Crippen LogP contribution in [0.5, 0.6) is 0 Å². The number of hydrazone groups is 1. The number of hydrogen-bond donors (Lipinski definition) is 1. The Hall–Kier alpha value is -4.04. The summed E-state index contributed by atoms with van der Waals surface area (Å²) in [6.45, 7) is 3.32. The molecular weight excluding hydrogens is 512 g/mol. The lowest BCUT2D eigenvalue weighted by Crippen LogP contribution is -2.62. The fraction of sp³-hybridized carbons (Fsp3) is 0.207. The molecule has 0 unspecified atom stereocenters. The summed E-state index contributed by atoms with van der Waals surface area (Å²) in [5, 5.41) is 9.43. The van der Waals surface area contributed by atoms with Crippen LogP contribution in [0.1, 0.15) is 37.3 Å². The van der Waals surface area contributed by atoms with Gasteiger partial charge in [0.1, 0.15) is 11.6 Å². The second kappa shape index (κ2) is 10.0. The van der Waals surface area contributed by atoms with Crippen molar-refractivity contribution in [3.05, 3.63) is 112 Å². The van der Waals surface area contributed by atoms with Crippen LogP contribution in [-0.2, 0) is 14.3 Å². The molecule has 3 aromatic rings. The molecule has 0 fully saturated rings. The van der Waals surface area contributed by atoms with Gasteiger partial charge in [-0.1, -0.05) is 48.0 Å². The average molecular weight is 536 g/mol. The third-order valence-corrected chi connectivity index (χ3v) is 7.12. The highest BCUT2D eigenvalue weighted by Crippen LogP contribution is 2.51. The first-order valence-corrected chi connectivity index (χ1v) is 12.5. The minimum absolute atomic E-state index is 0.0818. The van der Waals surface area contributed by atoms with E-state index in [0.29, 0.717) is 10.7 Å². The summed E-state index contributed by atoms with van der Waals surface area (Å²) in [5.41, 5.74) is -0.267. The summed E-state index contributed by atoms with van der Waals surface area (Å²) in [5.74, 6) is -3.46. The first kappa shape index (κ1) is 25.6. The Bertz CT molecular complexity index is 1490. The lowest BCUT2D eigenvalue weighted by Gasteiger charge is -2.46. The van der Waals surface area contributed by atoms with Crippen molar-refractivity contribution in [3.63, 3.8) is 0 Å². The number of benzene rings is 3. The Morgan fingerprint density at radius 2 is 1.74 bits per heavy atom. The third kappa shape index (κ3) is 4.15. The van der Waals surface area contributed by atoms with Gasteiger partial charge in [0.2, 0.25) is 0 Å². The van der Waals surface area contributed by atoms with Crippen LogP contribution in [0.4, 0.5) is 14.5 Å². The lowest BCUT2D eigenvalue weighted by molar-refractivity contribution is -0.139. The minimum atomic E-state index is -1.67. The Balaban J connectivity index is 1.81. The van der Waals surface area contributed by atoms with Gasteiger partial charge in [-0.25, -0.2) is 18.6 Å². The highest BCUT2D eigenvalue weighted by Gasteiger charge is 2.61. The molecule has 38 heavy (non-hydrogen) atoms. The maximum atomic E-state index is 15.5. The second-order valence-corrected chi connectivity index (χ2v) is 9.52. The van der Waals surface area contributed by atoms with Crippen LogP contribution >= 0.6 is 11.6 Å². The Morgan fingerprint density at radius 3 is 2.39 bits per heavy atom. The van der Waals surface area contributed by atoms with E-state index < -0.39 is 35.0 Å². The minimum Gasteiger partial charge on any atom is -0.463 e. The van der Waals surface area contributed by atoms with Crippen molar-refractivity contribution < 1.29 is 23.1 Å². The standard InChI is InChI=1S/C29H24ClF2N3O3/c1-3-38-27(36)25-17(2)33-28(37)29(26(25)21-9-5-7-11-23(21)32)16-24(20-8-4-6-10-22(20)31)34-35(29)19-14-12-18(30)13-15-19/h4-15,26H,3,16H2,1-2H3,(H,33,37)/t26-,29+/m0/s1. The second-order valence-electron chi connectivity index (χ2n) is 9.08. The topological polar surface area (TPSA) is 71.0 Å². The molecule has 0 bridgehead atoms. The normalized spacial score (nSPS) is 21.0. The number of rotatable bonds is 5. The largest absolute Gasteiger partial charge is 0.463 e. The zero-order valence-electron chi connectivity index (χ0n) is 20.7. The molecule has 2 atom stereocenters. The van der Waals surface area contributed by atoms with Gasteiger partial charge in [0, 0.05) is 22.7 Å². The van der Waals surface area contributed by atoms with Crippen molar-refractivity contribution >= 4 is 34.9 Å². The first-order chi connectivity index (χ1) is 18.3. The van der Waals surface area contributed by atoms with E-state index in [9.17, 15) is 14.0 Å². The molecule has 1 N–H and O–H groups in total. The molecule has 5 rings (SSSR count). The van der Waals surface area contributed by atoms with Crippen molar-refractivity contribution in [2.24, 2.45) is 5.10 Å². The number of nitrogens with one attached hydrogen (secondary N) is 1. The van der Waals surface area contributed by atoms with Crippen LogP contribution in [-0.4, -0.2) is 29.7 Å². The summed E-state index contributed by atoms with van der Waals surface area (Å²) in [6.07, 6.45) is -0.114. The van der Waals surface area contributed by atoms with Crippen LogP contribution < -0.4 is 10.3 Å². The third-order valence-electron chi connectivity index (χ3n) is 6.87. The predicted octanol–water partition coefficient (Wildman–Crippen LogP) is 5.72. The number of halogens is 3. The van der Waals surface area contributed by atoms with E-state index in [0.717, 1.165) is 0 Å². The highest BCUT2D eigenvalue weighted by atomic mass is 35.5. The Kier molecular flexibility index (Phi) is 6.75. The maximum Gasteiger partial charge on any atom is 0.336 e. The maximum absolute atomic E-state index is 15.5. The molecule has 1 amide bonds. The van der Waals surface area contributed by atoms with Gasteiger partial charge < -0.3 is 10.1 Å². The Morgan fingerprint density at radius 1 is 1.08 bits per heavy atom. The number of amides is 1. The molecule has 9 heteroatoms. The Labute approximate surface area is 223 Å². The van der Waals surface area contributed by atoms with Crippen LogP contribution in [0.2, 0.25) is 5.02 Å². The van der Waals surface area contributed by atoms with Crippen molar-refractivity contribution in [1.82, 2.24) is 5.32 Å². The molecule has 0 radical (unpaired) electrons. The molecule has 2 heterocycles. The molecule has 2 aliphatic heterocycles. The molecule has 6 nitrogen and oxygen atoms in total. The molecule has 0 aliphatic carbocycles. The molecule has 0 saturated heterocycles. The number of nitrogens with zero attached hydrogens (tertiary/aromatic N) is 2. The van der Waals surface area contributed by atoms with E-state index in [1.165, 1.54) is 29.3 Å². The molecular formula is C29H24ClF2N3O3. The summed E-state index contributed by atoms with van der Waals surface area (Å²) >= 11 is 6.13. The SMILES string of the molecule is CCOC(=O)C1=C(C)NC(=O)[C@@]2(CC(c3ccccc3F)=NN2c2ccc(Cl)cc2)[C@H]1c1ccccc1F. The number of carbonyl (C=O) groups is 2. The zero-order chi connectivity index (χ0) is 27.0. The number of carbonyl (C=O) groups excluding carboxylic acids is 2. The van der Waals surface area contributed by atoms with Gasteiger partial charge in [-0.05, 0) is 55.8 Å². The van der Waals surface area contributed by atoms with Gasteiger partial charge in [-0.2, -0.15) is 5.10 Å². The van der Waals surface area contributed by atoms with Gasteiger partial charge >= 0.3 is 5.97 Å². The fourth-order valence-corrected chi connectivity index (χ4v) is 5.35. The van der Waals surface area contributed by atoms with Crippen molar-refractivity contribution in [2.75, 3.05) is 11.6 Å². The van der Waals surface area contributed by atoms with E-state index in [-0.39, 0.29) is 41.1 Å². The van der Waals surface area contributed by atoms with E-state index in [1.807, 2.05) is 0 Å². The van der Waals surface area contributed by atoms with E-state index in [1.54, 1.807) is 62.4 Å². The first-order valence-electron chi connectivity index (χ1n) is 12.1. The summed E-state index contributed by atoms with van der Waals surface area (Å²) < 4.78 is 35.8. The number of esters is 1. The highest BCUT2D eigenvalue weighted by molar-refractivity contribution is 6.30. The van der Waals surface area contributed by atoms with E-state index in [2.05, 4.69) is 5.32 Å². The van der Waals surface area contributed by atoms with Crippen LogP contribution in [0, 0.1) is 11.6 Å². The number of ether oxygens (including phenoxy) is 1. The molecule has 0 aromatic heterocycles.